The summed E-state index contributed by atoms with van der Waals surface area (Å²) in [5.74, 6) is 7.10. The van der Waals surface area contributed by atoms with E-state index in [-0.39, 0.29) is 17.1 Å². The highest BCUT2D eigenvalue weighted by molar-refractivity contribution is 5.53. The van der Waals surface area contributed by atoms with Crippen LogP contribution >= 0.6 is 0 Å². The van der Waals surface area contributed by atoms with Crippen molar-refractivity contribution in [2.45, 2.75) is 68.5 Å². The van der Waals surface area contributed by atoms with Crippen LogP contribution < -0.4 is 0 Å². The number of ether oxygens (including phenoxy) is 1. The Morgan fingerprint density at radius 3 is 2.79 bits per heavy atom. The fraction of sp³-hybridized carbons (Fsp3) is 0.536. The molecular formula is C28H32N2O3. The van der Waals surface area contributed by atoms with E-state index in [9.17, 15) is 10.2 Å². The molecule has 7 unspecified atom stereocenters. The predicted octanol–water partition coefficient (Wildman–Crippen LogP) is 3.00. The van der Waals surface area contributed by atoms with Crippen molar-refractivity contribution < 1.29 is 14.9 Å². The van der Waals surface area contributed by atoms with E-state index in [0.717, 1.165) is 36.8 Å². The average Bonchev–Trinajstić information content (AvgIpc) is 3.31. The Balaban J connectivity index is 1.38. The Bertz CT molecular complexity index is 1140. The van der Waals surface area contributed by atoms with Crippen molar-refractivity contribution in [2.24, 2.45) is 11.3 Å². The zero-order valence-electron chi connectivity index (χ0n) is 19.6. The van der Waals surface area contributed by atoms with Gasteiger partial charge in [-0.05, 0) is 69.5 Å². The highest BCUT2D eigenvalue weighted by Crippen LogP contribution is 2.66. The smallest absolute Gasteiger partial charge is 0.105 e. The van der Waals surface area contributed by atoms with Crippen molar-refractivity contribution in [2.75, 3.05) is 14.1 Å². The highest BCUT2D eigenvalue weighted by atomic mass is 16.5. The zero-order valence-corrected chi connectivity index (χ0v) is 19.6. The largest absolute Gasteiger partial charge is 0.388 e. The molecule has 2 bridgehead atoms. The fourth-order valence-corrected chi connectivity index (χ4v) is 7.27. The predicted molar refractivity (Wildman–Crippen MR) is 126 cm³/mol. The van der Waals surface area contributed by atoms with Gasteiger partial charge in [0, 0.05) is 40.9 Å². The minimum absolute atomic E-state index is 0.0661. The molecule has 3 heterocycles. The van der Waals surface area contributed by atoms with Crippen LogP contribution in [0.25, 0.3) is 0 Å². The second kappa shape index (κ2) is 7.13. The molecule has 0 amide bonds. The Hall–Kier alpha value is -2.23. The van der Waals surface area contributed by atoms with Gasteiger partial charge in [0.25, 0.3) is 0 Å². The van der Waals surface area contributed by atoms with Crippen molar-refractivity contribution in [1.82, 2.24) is 9.88 Å². The molecule has 1 saturated carbocycles. The molecule has 5 heteroatoms. The lowest BCUT2D eigenvalue weighted by molar-refractivity contribution is -0.162. The van der Waals surface area contributed by atoms with Crippen LogP contribution in [0.5, 0.6) is 0 Å². The van der Waals surface area contributed by atoms with Gasteiger partial charge in [0.2, 0.25) is 0 Å². The van der Waals surface area contributed by atoms with E-state index < -0.39 is 17.8 Å². The number of hydrogen-bond donors (Lipinski definition) is 2. The lowest BCUT2D eigenvalue weighted by atomic mass is 9.59. The number of hydrogen-bond acceptors (Lipinski definition) is 5. The average molecular weight is 445 g/mol. The lowest BCUT2D eigenvalue weighted by Crippen LogP contribution is -2.61. The Morgan fingerprint density at radius 2 is 2.03 bits per heavy atom. The summed E-state index contributed by atoms with van der Waals surface area (Å²) in [6, 6.07) is 3.78. The number of rotatable bonds is 1. The van der Waals surface area contributed by atoms with E-state index in [1.165, 1.54) is 11.1 Å². The van der Waals surface area contributed by atoms with E-state index in [4.69, 9.17) is 4.74 Å². The summed E-state index contributed by atoms with van der Waals surface area (Å²) in [4.78, 5) is 6.20. The van der Waals surface area contributed by atoms with Crippen molar-refractivity contribution in [3.63, 3.8) is 0 Å². The molecule has 0 radical (unpaired) electrons. The summed E-state index contributed by atoms with van der Waals surface area (Å²) >= 11 is 0. The van der Waals surface area contributed by atoms with Gasteiger partial charge in [0.1, 0.15) is 6.10 Å². The van der Waals surface area contributed by atoms with Crippen LogP contribution in [0.15, 0.2) is 59.5 Å². The van der Waals surface area contributed by atoms with Crippen molar-refractivity contribution in [3.8, 4) is 11.8 Å². The van der Waals surface area contributed by atoms with Crippen molar-refractivity contribution in [3.05, 3.63) is 65.0 Å². The van der Waals surface area contributed by atoms with Gasteiger partial charge in [-0.1, -0.05) is 37.0 Å². The van der Waals surface area contributed by atoms with Gasteiger partial charge in [-0.3, -0.25) is 4.98 Å². The molecule has 172 valence electrons. The van der Waals surface area contributed by atoms with Gasteiger partial charge in [-0.15, -0.1) is 0 Å². The number of likely N-dealkylation sites (N-methyl/N-ethyl adjacent to an activating group) is 1. The molecule has 5 aliphatic rings. The van der Waals surface area contributed by atoms with Gasteiger partial charge in [0.15, 0.2) is 0 Å². The number of fused-ring (bicyclic) bond motifs is 1. The normalized spacial score (nSPS) is 42.9. The van der Waals surface area contributed by atoms with Gasteiger partial charge in [0.05, 0.1) is 17.3 Å². The molecule has 1 aromatic rings. The summed E-state index contributed by atoms with van der Waals surface area (Å²) in [6.07, 6.45) is 13.1. The fourth-order valence-electron chi connectivity index (χ4n) is 7.27. The maximum Gasteiger partial charge on any atom is 0.105 e. The quantitative estimate of drug-likeness (QED) is 0.652. The molecule has 3 aliphatic carbocycles. The van der Waals surface area contributed by atoms with Crippen LogP contribution in [0.1, 0.15) is 44.6 Å². The van der Waals surface area contributed by atoms with Crippen LogP contribution in [0, 0.1) is 23.2 Å². The van der Waals surface area contributed by atoms with Gasteiger partial charge in [-0.2, -0.15) is 0 Å². The summed E-state index contributed by atoms with van der Waals surface area (Å²) in [6.45, 7) is 2.34. The molecule has 2 aliphatic heterocycles. The Labute approximate surface area is 195 Å². The van der Waals surface area contributed by atoms with E-state index in [1.807, 2.05) is 31.1 Å². The molecule has 33 heavy (non-hydrogen) atoms. The van der Waals surface area contributed by atoms with Gasteiger partial charge >= 0.3 is 0 Å². The number of allylic oxidation sites excluding steroid dienone is 3. The molecule has 5 nitrogen and oxygen atoms in total. The van der Waals surface area contributed by atoms with Crippen LogP contribution in [0.4, 0.5) is 0 Å². The minimum atomic E-state index is -0.890. The first-order valence-electron chi connectivity index (χ1n) is 12.1. The SMILES string of the molecule is CN(C)C1CC23CCC4(O2)C(=CCC2(C)C(C#Cc5cccnc5)=CCC24)C=C3C(O)C1O. The number of aliphatic hydroxyl groups excluding tert-OH is 2. The molecule has 7 atom stereocenters. The second-order valence-corrected chi connectivity index (χ2v) is 10.9. The van der Waals surface area contributed by atoms with Crippen molar-refractivity contribution >= 4 is 0 Å². The van der Waals surface area contributed by atoms with Crippen molar-refractivity contribution in [1.29, 1.82) is 0 Å². The third-order valence-corrected chi connectivity index (χ3v) is 9.10. The maximum atomic E-state index is 11.1. The lowest BCUT2D eigenvalue weighted by Gasteiger charge is -2.55. The first kappa shape index (κ1) is 21.3. The molecule has 1 saturated heterocycles. The number of aliphatic hydroxyl groups is 2. The summed E-state index contributed by atoms with van der Waals surface area (Å²) in [7, 11) is 3.94. The van der Waals surface area contributed by atoms with Gasteiger partial charge in [-0.25, -0.2) is 0 Å². The molecular weight excluding hydrogens is 412 g/mol. The minimum Gasteiger partial charge on any atom is -0.388 e. The molecule has 0 aromatic carbocycles. The number of pyridine rings is 1. The van der Waals surface area contributed by atoms with Crippen LogP contribution in [0.2, 0.25) is 0 Å². The second-order valence-electron chi connectivity index (χ2n) is 10.9. The maximum absolute atomic E-state index is 11.1. The van der Waals surface area contributed by atoms with Crippen LogP contribution in [0.3, 0.4) is 0 Å². The molecule has 2 spiro atoms. The zero-order chi connectivity index (χ0) is 23.0. The Kier molecular flexibility index (Phi) is 4.61. The third-order valence-electron chi connectivity index (χ3n) is 9.10. The summed E-state index contributed by atoms with van der Waals surface area (Å²) in [5, 5.41) is 21.9. The first-order valence-corrected chi connectivity index (χ1v) is 12.1. The van der Waals surface area contributed by atoms with E-state index in [1.54, 1.807) is 12.4 Å². The standard InChI is InChI=1S/C28H32N2O3/c1-26-11-10-20-15-21-24(31)25(32)22(30(2)3)16-27(21)12-13-28(20,33-27)23(26)9-8-19(26)7-6-18-5-4-14-29-17-18/h4-5,8,10,14-15,17,22-25,31-32H,9,11-13,16H2,1-3H3. The van der Waals surface area contributed by atoms with Gasteiger partial charge < -0.3 is 19.8 Å². The van der Waals surface area contributed by atoms with E-state index in [2.05, 4.69) is 42.0 Å². The van der Waals surface area contributed by atoms with E-state index >= 15 is 0 Å². The molecule has 6 rings (SSSR count). The molecule has 1 aromatic heterocycles. The molecule has 2 N–H and O–H groups in total. The van der Waals surface area contributed by atoms with E-state index in [0.29, 0.717) is 12.3 Å². The Morgan fingerprint density at radius 1 is 1.18 bits per heavy atom. The first-order chi connectivity index (χ1) is 15.8. The summed E-state index contributed by atoms with van der Waals surface area (Å²) < 4.78 is 7.14. The number of nitrogens with zero attached hydrogens (tertiary/aromatic N) is 2. The highest BCUT2D eigenvalue weighted by Gasteiger charge is 2.67. The monoisotopic (exact) mass is 444 g/mol. The van der Waals surface area contributed by atoms with Crippen LogP contribution in [-0.2, 0) is 4.74 Å². The van der Waals surface area contributed by atoms with Crippen LogP contribution in [-0.4, -0.2) is 63.6 Å². The summed E-state index contributed by atoms with van der Waals surface area (Å²) in [5.41, 5.74) is 3.29. The number of aromatic nitrogens is 1. The molecule has 2 fully saturated rings. The third kappa shape index (κ3) is 2.85. The topological polar surface area (TPSA) is 65.8 Å².